The summed E-state index contributed by atoms with van der Waals surface area (Å²) in [6.45, 7) is 4.34. The molecule has 0 atom stereocenters. The molecule has 2 N–H and O–H groups in total. The Bertz CT molecular complexity index is 534. The molecular weight excluding hydrogens is 226 g/mol. The third-order valence-electron chi connectivity index (χ3n) is 3.40. The van der Waals surface area contributed by atoms with E-state index in [0.717, 1.165) is 37.7 Å². The maximum absolute atomic E-state index is 5.72. The number of pyridine rings is 1. The third kappa shape index (κ3) is 2.14. The van der Waals surface area contributed by atoms with Crippen molar-refractivity contribution < 1.29 is 0 Å². The van der Waals surface area contributed by atoms with Crippen molar-refractivity contribution >= 4 is 0 Å². The van der Waals surface area contributed by atoms with Gasteiger partial charge in [0.1, 0.15) is 5.82 Å². The number of hydrogen-bond acceptors (Lipinski definition) is 4. The first-order valence-corrected chi connectivity index (χ1v) is 6.22. The van der Waals surface area contributed by atoms with Gasteiger partial charge < -0.3 is 10.3 Å². The van der Waals surface area contributed by atoms with Crippen LogP contribution in [0.2, 0.25) is 0 Å². The highest BCUT2D eigenvalue weighted by molar-refractivity contribution is 5.19. The molecule has 0 unspecified atom stereocenters. The zero-order valence-corrected chi connectivity index (χ0v) is 10.3. The summed E-state index contributed by atoms with van der Waals surface area (Å²) in [7, 11) is 0. The molecule has 18 heavy (non-hydrogen) atoms. The standard InChI is InChI=1S/C13H17N5/c14-8-12-11(2-1-3-15-12)9-17-6-7-18-5-4-16-13(18)10-17/h1-5H,6-10,14H2. The molecule has 0 amide bonds. The van der Waals surface area contributed by atoms with E-state index in [1.54, 1.807) is 6.20 Å². The van der Waals surface area contributed by atoms with Gasteiger partial charge >= 0.3 is 0 Å². The van der Waals surface area contributed by atoms with Gasteiger partial charge in [-0.05, 0) is 11.6 Å². The molecule has 1 aliphatic rings. The second kappa shape index (κ2) is 4.88. The highest BCUT2D eigenvalue weighted by atomic mass is 15.2. The van der Waals surface area contributed by atoms with Gasteiger partial charge in [-0.15, -0.1) is 0 Å². The zero-order chi connectivity index (χ0) is 12.4. The monoisotopic (exact) mass is 243 g/mol. The fourth-order valence-corrected chi connectivity index (χ4v) is 2.40. The van der Waals surface area contributed by atoms with Crippen molar-refractivity contribution in [3.8, 4) is 0 Å². The van der Waals surface area contributed by atoms with Crippen LogP contribution in [0.3, 0.4) is 0 Å². The van der Waals surface area contributed by atoms with Crippen molar-refractivity contribution in [2.24, 2.45) is 5.73 Å². The Morgan fingerprint density at radius 1 is 1.22 bits per heavy atom. The van der Waals surface area contributed by atoms with Crippen LogP contribution in [-0.4, -0.2) is 26.0 Å². The van der Waals surface area contributed by atoms with Crippen LogP contribution in [-0.2, 0) is 26.2 Å². The number of rotatable bonds is 3. The summed E-state index contributed by atoms with van der Waals surface area (Å²) >= 11 is 0. The van der Waals surface area contributed by atoms with Crippen LogP contribution < -0.4 is 5.73 Å². The summed E-state index contributed by atoms with van der Waals surface area (Å²) in [4.78, 5) is 11.1. The van der Waals surface area contributed by atoms with Crippen LogP contribution >= 0.6 is 0 Å². The Hall–Kier alpha value is -1.72. The minimum atomic E-state index is 0.499. The molecule has 0 saturated carbocycles. The van der Waals surface area contributed by atoms with Gasteiger partial charge in [0.25, 0.3) is 0 Å². The van der Waals surface area contributed by atoms with E-state index in [0.29, 0.717) is 6.54 Å². The van der Waals surface area contributed by atoms with E-state index < -0.39 is 0 Å². The molecule has 5 heteroatoms. The third-order valence-corrected chi connectivity index (χ3v) is 3.40. The largest absolute Gasteiger partial charge is 0.333 e. The summed E-state index contributed by atoms with van der Waals surface area (Å²) < 4.78 is 2.21. The quantitative estimate of drug-likeness (QED) is 0.864. The van der Waals surface area contributed by atoms with Gasteiger partial charge in [-0.25, -0.2) is 4.98 Å². The maximum atomic E-state index is 5.72. The number of fused-ring (bicyclic) bond motifs is 1. The van der Waals surface area contributed by atoms with E-state index in [2.05, 4.69) is 25.5 Å². The van der Waals surface area contributed by atoms with Crippen LogP contribution in [0.15, 0.2) is 30.7 Å². The maximum Gasteiger partial charge on any atom is 0.122 e. The van der Waals surface area contributed by atoms with Crippen molar-refractivity contribution in [2.75, 3.05) is 6.54 Å². The molecule has 3 rings (SSSR count). The smallest absolute Gasteiger partial charge is 0.122 e. The molecule has 2 aromatic heterocycles. The molecule has 0 saturated heterocycles. The topological polar surface area (TPSA) is 60.0 Å². The van der Waals surface area contributed by atoms with Crippen molar-refractivity contribution in [3.63, 3.8) is 0 Å². The molecular formula is C13H17N5. The number of imidazole rings is 1. The predicted octanol–water partition coefficient (Wildman–Crippen LogP) is 0.753. The first-order chi connectivity index (χ1) is 8.86. The molecule has 2 aromatic rings. The second-order valence-corrected chi connectivity index (χ2v) is 4.56. The Morgan fingerprint density at radius 3 is 3.06 bits per heavy atom. The van der Waals surface area contributed by atoms with Crippen molar-refractivity contribution in [1.82, 2.24) is 19.4 Å². The van der Waals surface area contributed by atoms with Gasteiger partial charge in [0, 0.05) is 44.8 Å². The Labute approximate surface area is 106 Å². The minimum absolute atomic E-state index is 0.499. The van der Waals surface area contributed by atoms with Gasteiger partial charge in [-0.1, -0.05) is 6.07 Å². The summed E-state index contributed by atoms with van der Waals surface area (Å²) in [5.74, 6) is 1.14. The first-order valence-electron chi connectivity index (χ1n) is 6.22. The summed E-state index contributed by atoms with van der Waals surface area (Å²) in [5, 5.41) is 0. The van der Waals surface area contributed by atoms with Crippen LogP contribution in [0.1, 0.15) is 17.1 Å². The lowest BCUT2D eigenvalue weighted by molar-refractivity contribution is 0.208. The van der Waals surface area contributed by atoms with Crippen LogP contribution in [0.25, 0.3) is 0 Å². The van der Waals surface area contributed by atoms with Gasteiger partial charge in [-0.3, -0.25) is 9.88 Å². The van der Waals surface area contributed by atoms with Crippen molar-refractivity contribution in [3.05, 3.63) is 47.8 Å². The summed E-state index contributed by atoms with van der Waals surface area (Å²) in [5.41, 5.74) is 7.93. The molecule has 0 bridgehead atoms. The first kappa shape index (κ1) is 11.4. The van der Waals surface area contributed by atoms with Gasteiger partial charge in [0.2, 0.25) is 0 Å². The Balaban J connectivity index is 1.74. The summed E-state index contributed by atoms with van der Waals surface area (Å²) in [6.07, 6.45) is 5.71. The van der Waals surface area contributed by atoms with E-state index in [4.69, 9.17) is 5.73 Å². The normalized spacial score (nSPS) is 15.6. The molecule has 1 aliphatic heterocycles. The van der Waals surface area contributed by atoms with Crippen LogP contribution in [0, 0.1) is 0 Å². The van der Waals surface area contributed by atoms with Gasteiger partial charge in [0.15, 0.2) is 0 Å². The van der Waals surface area contributed by atoms with Gasteiger partial charge in [-0.2, -0.15) is 0 Å². The predicted molar refractivity (Wildman–Crippen MR) is 68.5 cm³/mol. The fourth-order valence-electron chi connectivity index (χ4n) is 2.40. The van der Waals surface area contributed by atoms with E-state index in [-0.39, 0.29) is 0 Å². The Morgan fingerprint density at radius 2 is 2.17 bits per heavy atom. The average molecular weight is 243 g/mol. The van der Waals surface area contributed by atoms with Crippen LogP contribution in [0.4, 0.5) is 0 Å². The minimum Gasteiger partial charge on any atom is -0.333 e. The Kier molecular flexibility index (Phi) is 3.08. The molecule has 3 heterocycles. The lowest BCUT2D eigenvalue weighted by Crippen LogP contribution is -2.33. The van der Waals surface area contributed by atoms with E-state index in [1.807, 2.05) is 18.5 Å². The molecule has 0 radical (unpaired) electrons. The SMILES string of the molecule is NCc1ncccc1CN1CCn2ccnc2C1. The zero-order valence-electron chi connectivity index (χ0n) is 10.3. The van der Waals surface area contributed by atoms with E-state index >= 15 is 0 Å². The van der Waals surface area contributed by atoms with Crippen LogP contribution in [0.5, 0.6) is 0 Å². The van der Waals surface area contributed by atoms with E-state index in [1.165, 1.54) is 5.56 Å². The number of nitrogens with two attached hydrogens (primary N) is 1. The highest BCUT2D eigenvalue weighted by Crippen LogP contribution is 2.15. The molecule has 0 aromatic carbocycles. The molecule has 0 spiro atoms. The second-order valence-electron chi connectivity index (χ2n) is 4.56. The number of hydrogen-bond donors (Lipinski definition) is 1. The lowest BCUT2D eigenvalue weighted by Gasteiger charge is -2.27. The number of nitrogens with zero attached hydrogens (tertiary/aromatic N) is 4. The fraction of sp³-hybridized carbons (Fsp3) is 0.385. The number of aromatic nitrogens is 3. The summed E-state index contributed by atoms with van der Waals surface area (Å²) in [6, 6.07) is 4.08. The lowest BCUT2D eigenvalue weighted by atomic mass is 10.1. The van der Waals surface area contributed by atoms with E-state index in [9.17, 15) is 0 Å². The average Bonchev–Trinajstić information content (AvgIpc) is 2.87. The molecule has 5 nitrogen and oxygen atoms in total. The van der Waals surface area contributed by atoms with Crippen molar-refractivity contribution in [1.29, 1.82) is 0 Å². The molecule has 0 fully saturated rings. The molecule has 94 valence electrons. The van der Waals surface area contributed by atoms with Gasteiger partial charge in [0.05, 0.1) is 12.2 Å². The van der Waals surface area contributed by atoms with Crippen molar-refractivity contribution in [2.45, 2.75) is 26.2 Å². The highest BCUT2D eigenvalue weighted by Gasteiger charge is 2.17. The molecule has 0 aliphatic carbocycles.